The number of carbonyl (C=O) groups excluding carboxylic acids is 1. The van der Waals surface area contributed by atoms with Gasteiger partial charge in [-0.2, -0.15) is 5.26 Å². The Labute approximate surface area is 154 Å². The van der Waals surface area contributed by atoms with Gasteiger partial charge in [-0.25, -0.2) is 9.37 Å². The zero-order valence-corrected chi connectivity index (χ0v) is 14.5. The Bertz CT molecular complexity index is 972. The van der Waals surface area contributed by atoms with E-state index in [4.69, 9.17) is 0 Å². The normalized spacial score (nSPS) is 11.0. The zero-order chi connectivity index (χ0) is 18.4. The molecule has 2 aromatic carbocycles. The monoisotopic (exact) mass is 363 g/mol. The van der Waals surface area contributed by atoms with Gasteiger partial charge in [0.1, 0.15) is 17.5 Å². The van der Waals surface area contributed by atoms with Gasteiger partial charge in [0, 0.05) is 17.5 Å². The Hall–Kier alpha value is -3.30. The lowest BCUT2D eigenvalue weighted by molar-refractivity contribution is -0.112. The van der Waals surface area contributed by atoms with Crippen molar-refractivity contribution < 1.29 is 9.18 Å². The predicted octanol–water partition coefficient (Wildman–Crippen LogP) is 4.42. The molecule has 26 heavy (non-hydrogen) atoms. The van der Waals surface area contributed by atoms with Crippen LogP contribution in [0.5, 0.6) is 0 Å². The molecule has 3 rings (SSSR count). The number of nitrogens with one attached hydrogen (secondary N) is 1. The van der Waals surface area contributed by atoms with E-state index in [0.29, 0.717) is 10.7 Å². The van der Waals surface area contributed by atoms with Crippen molar-refractivity contribution in [3.8, 4) is 6.07 Å². The lowest BCUT2D eigenvalue weighted by Crippen LogP contribution is -2.13. The van der Waals surface area contributed by atoms with E-state index >= 15 is 0 Å². The molecule has 1 aromatic heterocycles. The van der Waals surface area contributed by atoms with E-state index in [9.17, 15) is 14.4 Å². The van der Waals surface area contributed by atoms with Crippen molar-refractivity contribution in [3.63, 3.8) is 0 Å². The van der Waals surface area contributed by atoms with Crippen molar-refractivity contribution in [2.24, 2.45) is 0 Å². The molecule has 1 amide bonds. The first-order valence-corrected chi connectivity index (χ1v) is 8.63. The molecule has 0 atom stereocenters. The number of nitriles is 1. The van der Waals surface area contributed by atoms with Crippen molar-refractivity contribution in [3.05, 3.63) is 88.2 Å². The first kappa shape index (κ1) is 17.5. The average molecular weight is 363 g/mol. The van der Waals surface area contributed by atoms with Crippen LogP contribution in [0.1, 0.15) is 16.0 Å². The summed E-state index contributed by atoms with van der Waals surface area (Å²) in [5, 5.41) is 12.3. The van der Waals surface area contributed by atoms with E-state index in [-0.39, 0.29) is 11.4 Å². The molecule has 0 spiro atoms. The molecule has 0 aliphatic heterocycles. The number of aromatic nitrogens is 1. The van der Waals surface area contributed by atoms with Crippen LogP contribution < -0.4 is 5.32 Å². The highest BCUT2D eigenvalue weighted by atomic mass is 32.1. The number of anilines is 1. The minimum absolute atomic E-state index is 0.0728. The number of nitrogens with zero attached hydrogens (tertiary/aromatic N) is 2. The standard InChI is InChI=1S/C20H14FN3OS/c21-17-8-6-15(7-9-17)10-16(12-22)19(25)24-20-23-13-18(26-20)11-14-4-2-1-3-5-14/h1-10,13H,11H2,(H,23,24,25). The highest BCUT2D eigenvalue weighted by Crippen LogP contribution is 2.22. The van der Waals surface area contributed by atoms with Crippen molar-refractivity contribution >= 4 is 28.5 Å². The van der Waals surface area contributed by atoms with Gasteiger partial charge in [-0.15, -0.1) is 11.3 Å². The molecule has 0 radical (unpaired) electrons. The van der Waals surface area contributed by atoms with Gasteiger partial charge in [-0.05, 0) is 29.3 Å². The van der Waals surface area contributed by atoms with Gasteiger partial charge >= 0.3 is 0 Å². The fraction of sp³-hybridized carbons (Fsp3) is 0.0500. The number of benzene rings is 2. The van der Waals surface area contributed by atoms with Gasteiger partial charge in [0.05, 0.1) is 0 Å². The summed E-state index contributed by atoms with van der Waals surface area (Å²) in [5.74, 6) is -0.920. The van der Waals surface area contributed by atoms with Crippen LogP contribution in [0.2, 0.25) is 0 Å². The fourth-order valence-corrected chi connectivity index (χ4v) is 3.12. The summed E-state index contributed by atoms with van der Waals surface area (Å²) in [6.45, 7) is 0. The number of hydrogen-bond donors (Lipinski definition) is 1. The molecular weight excluding hydrogens is 349 g/mol. The summed E-state index contributed by atoms with van der Waals surface area (Å²) in [7, 11) is 0. The van der Waals surface area contributed by atoms with Crippen LogP contribution in [-0.4, -0.2) is 10.9 Å². The average Bonchev–Trinajstić information content (AvgIpc) is 3.08. The van der Waals surface area contributed by atoms with Crippen LogP contribution in [0.3, 0.4) is 0 Å². The second kappa shape index (κ2) is 8.19. The van der Waals surface area contributed by atoms with Crippen LogP contribution in [0.4, 0.5) is 9.52 Å². The van der Waals surface area contributed by atoms with Gasteiger partial charge in [-0.1, -0.05) is 42.5 Å². The largest absolute Gasteiger partial charge is 0.297 e. The first-order chi connectivity index (χ1) is 12.6. The van der Waals surface area contributed by atoms with Gasteiger partial charge in [0.2, 0.25) is 0 Å². The number of thiazole rings is 1. The SMILES string of the molecule is N#CC(=Cc1ccc(F)cc1)C(=O)Nc1ncc(Cc2ccccc2)s1. The second-order valence-electron chi connectivity index (χ2n) is 5.47. The quantitative estimate of drug-likeness (QED) is 0.539. The highest BCUT2D eigenvalue weighted by Gasteiger charge is 2.12. The van der Waals surface area contributed by atoms with Crippen LogP contribution in [-0.2, 0) is 11.2 Å². The fourth-order valence-electron chi connectivity index (χ4n) is 2.28. The maximum atomic E-state index is 12.9. The molecule has 3 aromatic rings. The number of carbonyl (C=O) groups is 1. The summed E-state index contributed by atoms with van der Waals surface area (Å²) in [6.07, 6.45) is 3.85. The summed E-state index contributed by atoms with van der Waals surface area (Å²) >= 11 is 1.36. The number of rotatable bonds is 5. The van der Waals surface area contributed by atoms with Crippen molar-refractivity contribution in [2.75, 3.05) is 5.32 Å². The third-order valence-electron chi connectivity index (χ3n) is 3.54. The third kappa shape index (κ3) is 4.62. The van der Waals surface area contributed by atoms with Gasteiger partial charge in [0.15, 0.2) is 5.13 Å². The predicted molar refractivity (Wildman–Crippen MR) is 100.0 cm³/mol. The molecule has 0 saturated heterocycles. The zero-order valence-electron chi connectivity index (χ0n) is 13.6. The molecule has 128 valence electrons. The van der Waals surface area contributed by atoms with Crippen LogP contribution >= 0.6 is 11.3 Å². The molecule has 0 aliphatic carbocycles. The molecule has 0 fully saturated rings. The van der Waals surface area contributed by atoms with E-state index in [1.807, 2.05) is 36.4 Å². The molecule has 0 aliphatic rings. The van der Waals surface area contributed by atoms with Crippen LogP contribution in [0.25, 0.3) is 6.08 Å². The second-order valence-corrected chi connectivity index (χ2v) is 6.58. The molecule has 1 N–H and O–H groups in total. The molecular formula is C20H14FN3OS. The maximum Gasteiger partial charge on any atom is 0.268 e. The van der Waals surface area contributed by atoms with Crippen molar-refractivity contribution in [1.82, 2.24) is 4.98 Å². The van der Waals surface area contributed by atoms with Gasteiger partial charge < -0.3 is 0 Å². The summed E-state index contributed by atoms with van der Waals surface area (Å²) in [4.78, 5) is 17.5. The van der Waals surface area contributed by atoms with E-state index in [2.05, 4.69) is 10.3 Å². The number of amides is 1. The highest BCUT2D eigenvalue weighted by molar-refractivity contribution is 7.15. The minimum Gasteiger partial charge on any atom is -0.297 e. The summed E-state index contributed by atoms with van der Waals surface area (Å²) in [6, 6.07) is 17.4. The Morgan fingerprint density at radius 1 is 1.19 bits per heavy atom. The molecule has 6 heteroatoms. The van der Waals surface area contributed by atoms with E-state index < -0.39 is 5.91 Å². The van der Waals surface area contributed by atoms with Crippen LogP contribution in [0.15, 0.2) is 66.4 Å². The lowest BCUT2D eigenvalue weighted by atomic mass is 10.1. The molecule has 0 saturated carbocycles. The Morgan fingerprint density at radius 3 is 2.62 bits per heavy atom. The van der Waals surface area contributed by atoms with Crippen molar-refractivity contribution in [2.45, 2.75) is 6.42 Å². The number of halogens is 1. The smallest absolute Gasteiger partial charge is 0.268 e. The van der Waals surface area contributed by atoms with Gasteiger partial charge in [0.25, 0.3) is 5.91 Å². The summed E-state index contributed by atoms with van der Waals surface area (Å²) < 4.78 is 12.9. The van der Waals surface area contributed by atoms with Gasteiger partial charge in [-0.3, -0.25) is 10.1 Å². The Kier molecular flexibility index (Phi) is 5.52. The molecule has 4 nitrogen and oxygen atoms in total. The maximum absolute atomic E-state index is 12.9. The molecule has 1 heterocycles. The molecule has 0 bridgehead atoms. The Morgan fingerprint density at radius 2 is 1.92 bits per heavy atom. The van der Waals surface area contributed by atoms with Crippen molar-refractivity contribution in [1.29, 1.82) is 5.26 Å². The Balaban J connectivity index is 1.69. The first-order valence-electron chi connectivity index (χ1n) is 7.81. The van der Waals surface area contributed by atoms with E-state index in [1.54, 1.807) is 6.20 Å². The molecule has 0 unspecified atom stereocenters. The van der Waals surface area contributed by atoms with Crippen LogP contribution in [0, 0.1) is 17.1 Å². The third-order valence-corrected chi connectivity index (χ3v) is 4.45. The van der Waals surface area contributed by atoms with E-state index in [1.165, 1.54) is 41.7 Å². The lowest BCUT2D eigenvalue weighted by Gasteiger charge is -2.00. The topological polar surface area (TPSA) is 65.8 Å². The number of hydrogen-bond acceptors (Lipinski definition) is 4. The van der Waals surface area contributed by atoms with E-state index in [0.717, 1.165) is 16.9 Å². The minimum atomic E-state index is -0.544. The summed E-state index contributed by atoms with van der Waals surface area (Å²) in [5.41, 5.74) is 1.65.